The molecule has 0 unspecified atom stereocenters. The Labute approximate surface area is 143 Å². The number of halogens is 1. The highest BCUT2D eigenvalue weighted by Crippen LogP contribution is 2.27. The first-order chi connectivity index (χ1) is 11.5. The molecule has 0 atom stereocenters. The first-order valence-electron chi connectivity index (χ1n) is 7.29. The summed E-state index contributed by atoms with van der Waals surface area (Å²) < 4.78 is 0. The SMILES string of the molecule is O=C(Nc1ccccc1)NC1CN(c2ncc(C(=O)O)cc2Cl)C1. The molecule has 1 aliphatic rings. The Hall–Kier alpha value is -2.80. The summed E-state index contributed by atoms with van der Waals surface area (Å²) in [4.78, 5) is 28.7. The molecule has 0 saturated carbocycles. The van der Waals surface area contributed by atoms with Gasteiger partial charge in [0.05, 0.1) is 16.6 Å². The first-order valence-corrected chi connectivity index (χ1v) is 7.67. The van der Waals surface area contributed by atoms with Crippen LogP contribution in [0.3, 0.4) is 0 Å². The van der Waals surface area contributed by atoms with E-state index in [-0.39, 0.29) is 22.7 Å². The number of carboxylic acids is 1. The number of carbonyl (C=O) groups is 2. The minimum absolute atomic E-state index is 0.0225. The molecule has 8 heteroatoms. The standard InChI is InChI=1S/C16H15ClN4O3/c17-13-6-10(15(22)23)7-18-14(13)21-8-12(9-21)20-16(24)19-11-4-2-1-3-5-11/h1-7,12H,8-9H2,(H,22,23)(H2,19,20,24). The number of amides is 2. The molecular weight excluding hydrogens is 332 g/mol. The maximum Gasteiger partial charge on any atom is 0.337 e. The van der Waals surface area contributed by atoms with Crippen molar-refractivity contribution in [3.63, 3.8) is 0 Å². The number of carboxylic acid groups (broad SMARTS) is 1. The van der Waals surface area contributed by atoms with Gasteiger partial charge in [-0.15, -0.1) is 0 Å². The maximum absolute atomic E-state index is 11.9. The van der Waals surface area contributed by atoms with E-state index in [9.17, 15) is 9.59 Å². The van der Waals surface area contributed by atoms with E-state index < -0.39 is 5.97 Å². The van der Waals surface area contributed by atoms with Crippen LogP contribution in [0.5, 0.6) is 0 Å². The summed E-state index contributed by atoms with van der Waals surface area (Å²) in [6.45, 7) is 1.11. The van der Waals surface area contributed by atoms with E-state index in [1.807, 2.05) is 23.1 Å². The third-order valence-corrected chi connectivity index (χ3v) is 3.89. The summed E-state index contributed by atoms with van der Waals surface area (Å²) in [7, 11) is 0. The van der Waals surface area contributed by atoms with Crippen LogP contribution in [0.1, 0.15) is 10.4 Å². The molecule has 24 heavy (non-hydrogen) atoms. The van der Waals surface area contributed by atoms with Gasteiger partial charge in [0.15, 0.2) is 0 Å². The zero-order valence-electron chi connectivity index (χ0n) is 12.6. The van der Waals surface area contributed by atoms with Crippen molar-refractivity contribution in [3.05, 3.63) is 53.2 Å². The number of carbonyl (C=O) groups excluding carboxylic acids is 1. The molecule has 0 aliphatic carbocycles. The fraction of sp³-hybridized carbons (Fsp3) is 0.188. The van der Waals surface area contributed by atoms with Gasteiger partial charge in [0.1, 0.15) is 5.82 Å². The van der Waals surface area contributed by atoms with Crippen LogP contribution in [-0.4, -0.2) is 41.2 Å². The van der Waals surface area contributed by atoms with Gasteiger partial charge in [-0.1, -0.05) is 29.8 Å². The highest BCUT2D eigenvalue weighted by molar-refractivity contribution is 6.33. The number of pyridine rings is 1. The maximum atomic E-state index is 11.9. The Balaban J connectivity index is 1.52. The molecule has 0 radical (unpaired) electrons. The third-order valence-electron chi connectivity index (χ3n) is 3.62. The van der Waals surface area contributed by atoms with Gasteiger partial charge >= 0.3 is 12.0 Å². The van der Waals surface area contributed by atoms with E-state index in [0.29, 0.717) is 18.9 Å². The minimum Gasteiger partial charge on any atom is -0.478 e. The molecule has 1 aliphatic heterocycles. The lowest BCUT2D eigenvalue weighted by atomic mass is 10.1. The predicted molar refractivity (Wildman–Crippen MR) is 90.8 cm³/mol. The van der Waals surface area contributed by atoms with Crippen LogP contribution in [-0.2, 0) is 0 Å². The highest BCUT2D eigenvalue weighted by atomic mass is 35.5. The Morgan fingerprint density at radius 2 is 1.96 bits per heavy atom. The van der Waals surface area contributed by atoms with E-state index in [1.54, 1.807) is 12.1 Å². The second kappa shape index (κ2) is 6.76. The van der Waals surface area contributed by atoms with Crippen LogP contribution in [0.15, 0.2) is 42.6 Å². The van der Waals surface area contributed by atoms with Gasteiger partial charge in [-0.05, 0) is 18.2 Å². The van der Waals surface area contributed by atoms with Crippen molar-refractivity contribution in [1.82, 2.24) is 10.3 Å². The zero-order valence-corrected chi connectivity index (χ0v) is 13.3. The fourth-order valence-electron chi connectivity index (χ4n) is 2.40. The van der Waals surface area contributed by atoms with Crippen LogP contribution < -0.4 is 15.5 Å². The van der Waals surface area contributed by atoms with Gasteiger partial charge in [0, 0.05) is 25.0 Å². The van der Waals surface area contributed by atoms with E-state index in [1.165, 1.54) is 12.3 Å². The number of anilines is 2. The molecule has 2 heterocycles. The summed E-state index contributed by atoms with van der Waals surface area (Å²) in [6, 6.07) is 10.2. The number of hydrogen-bond acceptors (Lipinski definition) is 4. The van der Waals surface area contributed by atoms with Crippen molar-refractivity contribution in [1.29, 1.82) is 0 Å². The topological polar surface area (TPSA) is 94.6 Å². The molecule has 0 bridgehead atoms. The largest absolute Gasteiger partial charge is 0.478 e. The van der Waals surface area contributed by atoms with Gasteiger partial charge in [-0.25, -0.2) is 14.6 Å². The molecule has 3 N–H and O–H groups in total. The molecule has 1 fully saturated rings. The predicted octanol–water partition coefficient (Wildman–Crippen LogP) is 2.44. The second-order valence-electron chi connectivity index (χ2n) is 5.40. The van der Waals surface area contributed by atoms with E-state index >= 15 is 0 Å². The number of aromatic carboxylic acids is 1. The lowest BCUT2D eigenvalue weighted by Gasteiger charge is -2.40. The Morgan fingerprint density at radius 1 is 1.25 bits per heavy atom. The first kappa shape index (κ1) is 16.1. The van der Waals surface area contributed by atoms with Crippen molar-refractivity contribution in [2.24, 2.45) is 0 Å². The lowest BCUT2D eigenvalue weighted by Crippen LogP contribution is -2.60. The van der Waals surface area contributed by atoms with Gasteiger partial charge in [0.25, 0.3) is 0 Å². The lowest BCUT2D eigenvalue weighted by molar-refractivity contribution is 0.0696. The van der Waals surface area contributed by atoms with E-state index in [2.05, 4.69) is 15.6 Å². The number of rotatable bonds is 4. The van der Waals surface area contributed by atoms with E-state index in [0.717, 1.165) is 5.69 Å². The second-order valence-corrected chi connectivity index (χ2v) is 5.81. The molecule has 2 aromatic rings. The van der Waals surface area contributed by atoms with Crippen LogP contribution >= 0.6 is 11.6 Å². The highest BCUT2D eigenvalue weighted by Gasteiger charge is 2.30. The summed E-state index contributed by atoms with van der Waals surface area (Å²) in [5, 5.41) is 14.8. The van der Waals surface area contributed by atoms with E-state index in [4.69, 9.17) is 16.7 Å². The number of hydrogen-bond donors (Lipinski definition) is 3. The minimum atomic E-state index is -1.07. The number of urea groups is 1. The van der Waals surface area contributed by atoms with Crippen LogP contribution in [0, 0.1) is 0 Å². The van der Waals surface area contributed by atoms with Crippen molar-refractivity contribution < 1.29 is 14.7 Å². The molecule has 0 spiro atoms. The fourth-order valence-corrected chi connectivity index (χ4v) is 2.68. The number of aromatic nitrogens is 1. The third kappa shape index (κ3) is 3.57. The van der Waals surface area contributed by atoms with Gasteiger partial charge in [-0.2, -0.15) is 0 Å². The summed E-state index contributed by atoms with van der Waals surface area (Å²) in [5.74, 6) is -0.556. The number of benzene rings is 1. The van der Waals surface area contributed by atoms with Crippen LogP contribution in [0.4, 0.5) is 16.3 Å². The van der Waals surface area contributed by atoms with Crippen molar-refractivity contribution >= 4 is 35.1 Å². The number of nitrogens with one attached hydrogen (secondary N) is 2. The van der Waals surface area contributed by atoms with Crippen molar-refractivity contribution in [2.45, 2.75) is 6.04 Å². The van der Waals surface area contributed by atoms with Gasteiger partial charge in [0.2, 0.25) is 0 Å². The average molecular weight is 347 g/mol. The van der Waals surface area contributed by atoms with Crippen molar-refractivity contribution in [3.8, 4) is 0 Å². The quantitative estimate of drug-likeness (QED) is 0.790. The summed E-state index contributed by atoms with van der Waals surface area (Å²) >= 11 is 6.07. The number of para-hydroxylation sites is 1. The smallest absolute Gasteiger partial charge is 0.337 e. The summed E-state index contributed by atoms with van der Waals surface area (Å²) in [5.41, 5.74) is 0.765. The normalized spacial score (nSPS) is 14.0. The molecule has 1 aromatic carbocycles. The Morgan fingerprint density at radius 3 is 2.58 bits per heavy atom. The van der Waals surface area contributed by atoms with Crippen LogP contribution in [0.25, 0.3) is 0 Å². The average Bonchev–Trinajstić information content (AvgIpc) is 2.52. The van der Waals surface area contributed by atoms with Gasteiger partial charge in [-0.3, -0.25) is 0 Å². The molecule has 3 rings (SSSR count). The molecule has 2 amide bonds. The molecule has 1 aromatic heterocycles. The van der Waals surface area contributed by atoms with Crippen LogP contribution in [0.2, 0.25) is 5.02 Å². The Kier molecular flexibility index (Phi) is 4.52. The molecule has 1 saturated heterocycles. The molecule has 124 valence electrons. The monoisotopic (exact) mass is 346 g/mol. The Bertz CT molecular complexity index is 763. The molecule has 7 nitrogen and oxygen atoms in total. The summed E-state index contributed by atoms with van der Waals surface area (Å²) in [6.07, 6.45) is 1.27. The zero-order chi connectivity index (χ0) is 17.1. The molecular formula is C16H15ClN4O3. The number of nitrogens with zero attached hydrogens (tertiary/aromatic N) is 2. The van der Waals surface area contributed by atoms with Gasteiger partial charge < -0.3 is 20.6 Å². The van der Waals surface area contributed by atoms with Crippen molar-refractivity contribution in [2.75, 3.05) is 23.3 Å².